The smallest absolute Gasteiger partial charge is 0.364 e. The summed E-state index contributed by atoms with van der Waals surface area (Å²) in [5.74, 6) is -3.49. The van der Waals surface area contributed by atoms with Crippen molar-refractivity contribution in [2.45, 2.75) is 13.1 Å². The lowest BCUT2D eigenvalue weighted by molar-refractivity contribution is -0.138. The molecule has 2 aromatic rings. The molecule has 126 valence electrons. The van der Waals surface area contributed by atoms with Crippen molar-refractivity contribution in [3.8, 4) is 0 Å². The number of rotatable bonds is 3. The number of benzene rings is 1. The van der Waals surface area contributed by atoms with Crippen molar-refractivity contribution in [3.63, 3.8) is 0 Å². The number of hydrogen-bond acceptors (Lipinski definition) is 3. The van der Waals surface area contributed by atoms with Gasteiger partial charge in [0.1, 0.15) is 11.5 Å². The van der Waals surface area contributed by atoms with Gasteiger partial charge in [-0.15, -0.1) is 0 Å². The molecule has 2 amide bonds. The summed E-state index contributed by atoms with van der Waals surface area (Å²) in [6.07, 6.45) is -3.78. The molecule has 24 heavy (non-hydrogen) atoms. The first kappa shape index (κ1) is 17.4. The molecule has 0 unspecified atom stereocenters. The number of alkyl halides is 3. The minimum atomic E-state index is -4.91. The number of carbonyl (C=O) groups is 2. The van der Waals surface area contributed by atoms with Crippen molar-refractivity contribution >= 4 is 17.5 Å². The second-order valence-corrected chi connectivity index (χ2v) is 4.92. The lowest BCUT2D eigenvalue weighted by Crippen LogP contribution is -2.21. The molecule has 0 atom stereocenters. The van der Waals surface area contributed by atoms with Crippen molar-refractivity contribution in [2.75, 3.05) is 5.32 Å². The fourth-order valence-electron chi connectivity index (χ4n) is 2.03. The van der Waals surface area contributed by atoms with Gasteiger partial charge in [-0.05, 0) is 36.8 Å². The van der Waals surface area contributed by atoms with Gasteiger partial charge in [-0.2, -0.15) is 13.2 Å². The number of pyridine rings is 1. The number of amides is 2. The Morgan fingerprint density at radius 2 is 1.88 bits per heavy atom. The van der Waals surface area contributed by atoms with E-state index in [9.17, 15) is 27.2 Å². The largest absolute Gasteiger partial charge is 0.417 e. The second-order valence-electron chi connectivity index (χ2n) is 4.92. The maximum atomic E-state index is 14.0. The third-order valence-electron chi connectivity index (χ3n) is 3.04. The highest BCUT2D eigenvalue weighted by molar-refractivity contribution is 6.06. The van der Waals surface area contributed by atoms with Crippen LogP contribution in [-0.4, -0.2) is 16.8 Å². The van der Waals surface area contributed by atoms with Gasteiger partial charge in [-0.1, -0.05) is 0 Å². The van der Waals surface area contributed by atoms with Crippen LogP contribution in [-0.2, 0) is 6.18 Å². The zero-order valence-electron chi connectivity index (χ0n) is 12.2. The number of nitrogens with two attached hydrogens (primary N) is 1. The maximum absolute atomic E-state index is 14.0. The molecule has 5 nitrogen and oxygen atoms in total. The minimum absolute atomic E-state index is 0.0244. The van der Waals surface area contributed by atoms with E-state index in [0.717, 1.165) is 18.3 Å². The predicted molar refractivity (Wildman–Crippen MR) is 76.8 cm³/mol. The Hall–Kier alpha value is -2.97. The SMILES string of the molecule is Cc1cc(F)c(C(=O)Nc2ccnc(C(N)=O)c2)c(C(F)(F)F)c1. The van der Waals surface area contributed by atoms with E-state index < -0.39 is 34.9 Å². The van der Waals surface area contributed by atoms with Gasteiger partial charge in [0.15, 0.2) is 0 Å². The summed E-state index contributed by atoms with van der Waals surface area (Å²) >= 11 is 0. The van der Waals surface area contributed by atoms with Crippen LogP contribution in [0.15, 0.2) is 30.5 Å². The van der Waals surface area contributed by atoms with Crippen LogP contribution in [0.5, 0.6) is 0 Å². The van der Waals surface area contributed by atoms with Gasteiger partial charge >= 0.3 is 6.18 Å². The zero-order valence-corrected chi connectivity index (χ0v) is 12.2. The summed E-state index contributed by atoms with van der Waals surface area (Å²) in [7, 11) is 0. The zero-order chi connectivity index (χ0) is 18.1. The molecule has 0 saturated carbocycles. The predicted octanol–water partition coefficient (Wildman–Crippen LogP) is 2.90. The first-order valence-electron chi connectivity index (χ1n) is 6.54. The fraction of sp³-hybridized carbons (Fsp3) is 0.133. The lowest BCUT2D eigenvalue weighted by Gasteiger charge is -2.15. The van der Waals surface area contributed by atoms with Crippen molar-refractivity contribution in [3.05, 3.63) is 58.7 Å². The monoisotopic (exact) mass is 341 g/mol. The fourth-order valence-corrected chi connectivity index (χ4v) is 2.03. The average molecular weight is 341 g/mol. The van der Waals surface area contributed by atoms with Crippen molar-refractivity contribution in [1.82, 2.24) is 4.98 Å². The van der Waals surface area contributed by atoms with Crippen LogP contribution >= 0.6 is 0 Å². The third-order valence-corrected chi connectivity index (χ3v) is 3.04. The topological polar surface area (TPSA) is 85.1 Å². The summed E-state index contributed by atoms with van der Waals surface area (Å²) in [5, 5.41) is 2.10. The van der Waals surface area contributed by atoms with Crippen LogP contribution in [0.4, 0.5) is 23.2 Å². The number of aromatic nitrogens is 1. The molecule has 1 heterocycles. The number of halogens is 4. The molecule has 0 bridgehead atoms. The first-order valence-corrected chi connectivity index (χ1v) is 6.54. The van der Waals surface area contributed by atoms with Crippen LogP contribution in [0.2, 0.25) is 0 Å². The Bertz CT molecular complexity index is 819. The molecule has 1 aromatic carbocycles. The summed E-state index contributed by atoms with van der Waals surface area (Å²) in [6, 6.07) is 3.80. The van der Waals surface area contributed by atoms with E-state index in [1.807, 2.05) is 0 Å². The van der Waals surface area contributed by atoms with E-state index in [4.69, 9.17) is 5.73 Å². The number of nitrogens with zero attached hydrogens (tertiary/aromatic N) is 1. The number of primary amides is 1. The Balaban J connectivity index is 2.44. The van der Waals surface area contributed by atoms with Crippen molar-refractivity contribution in [1.29, 1.82) is 0 Å². The van der Waals surface area contributed by atoms with Crippen LogP contribution in [0.1, 0.15) is 32.0 Å². The highest BCUT2D eigenvalue weighted by Gasteiger charge is 2.37. The Labute approximate surface area is 133 Å². The Morgan fingerprint density at radius 1 is 1.21 bits per heavy atom. The summed E-state index contributed by atoms with van der Waals surface area (Å²) < 4.78 is 53.1. The van der Waals surface area contributed by atoms with Crippen LogP contribution in [0.3, 0.4) is 0 Å². The normalized spacial score (nSPS) is 11.2. The summed E-state index contributed by atoms with van der Waals surface area (Å²) in [6.45, 7) is 1.28. The molecular formula is C15H11F4N3O2. The molecule has 0 fully saturated rings. The summed E-state index contributed by atoms with van der Waals surface area (Å²) in [5.41, 5.74) is 2.28. The maximum Gasteiger partial charge on any atom is 0.417 e. The van der Waals surface area contributed by atoms with Crippen LogP contribution in [0, 0.1) is 12.7 Å². The molecule has 3 N–H and O–H groups in total. The van der Waals surface area contributed by atoms with Crippen molar-refractivity contribution < 1.29 is 27.2 Å². The highest BCUT2D eigenvalue weighted by Crippen LogP contribution is 2.34. The van der Waals surface area contributed by atoms with E-state index in [1.165, 1.54) is 13.0 Å². The Kier molecular flexibility index (Phi) is 4.54. The lowest BCUT2D eigenvalue weighted by atomic mass is 10.0. The van der Waals surface area contributed by atoms with Gasteiger partial charge in [0.2, 0.25) is 0 Å². The first-order chi connectivity index (χ1) is 11.1. The molecule has 9 heteroatoms. The molecular weight excluding hydrogens is 330 g/mol. The van der Waals surface area contributed by atoms with Crippen molar-refractivity contribution in [2.24, 2.45) is 5.73 Å². The van der Waals surface area contributed by atoms with E-state index in [1.54, 1.807) is 0 Å². The second kappa shape index (κ2) is 6.26. The van der Waals surface area contributed by atoms with E-state index in [2.05, 4.69) is 10.3 Å². The van der Waals surface area contributed by atoms with Gasteiger partial charge in [-0.3, -0.25) is 14.6 Å². The van der Waals surface area contributed by atoms with Gasteiger partial charge < -0.3 is 11.1 Å². The molecule has 0 aliphatic heterocycles. The quantitative estimate of drug-likeness (QED) is 0.842. The molecule has 0 radical (unpaired) electrons. The van der Waals surface area contributed by atoms with Gasteiger partial charge in [0.25, 0.3) is 11.8 Å². The minimum Gasteiger partial charge on any atom is -0.364 e. The van der Waals surface area contributed by atoms with E-state index in [-0.39, 0.29) is 16.9 Å². The number of anilines is 1. The average Bonchev–Trinajstić information content (AvgIpc) is 2.45. The van der Waals surface area contributed by atoms with Crippen LogP contribution in [0.25, 0.3) is 0 Å². The standard InChI is InChI=1S/C15H11F4N3O2/c1-7-4-9(15(17,18)19)12(10(16)5-7)14(24)22-8-2-3-21-11(6-8)13(20)23/h2-6H,1H3,(H2,20,23)(H,21,22,24). The molecule has 2 rings (SSSR count). The number of nitrogens with one attached hydrogen (secondary N) is 1. The number of aryl methyl sites for hydroxylation is 1. The van der Waals surface area contributed by atoms with E-state index >= 15 is 0 Å². The summed E-state index contributed by atoms with van der Waals surface area (Å²) in [4.78, 5) is 26.8. The molecule has 0 saturated heterocycles. The molecule has 1 aromatic heterocycles. The number of carbonyl (C=O) groups excluding carboxylic acids is 2. The van der Waals surface area contributed by atoms with Gasteiger partial charge in [-0.25, -0.2) is 4.39 Å². The molecule has 0 spiro atoms. The van der Waals surface area contributed by atoms with E-state index in [0.29, 0.717) is 6.07 Å². The Morgan fingerprint density at radius 3 is 2.46 bits per heavy atom. The molecule has 0 aliphatic carbocycles. The van der Waals surface area contributed by atoms with Gasteiger partial charge in [0.05, 0.1) is 11.1 Å². The third kappa shape index (κ3) is 3.67. The molecule has 0 aliphatic rings. The number of hydrogen-bond donors (Lipinski definition) is 2. The highest BCUT2D eigenvalue weighted by atomic mass is 19.4. The van der Waals surface area contributed by atoms with Gasteiger partial charge in [0, 0.05) is 11.9 Å². The van der Waals surface area contributed by atoms with Crippen LogP contribution < -0.4 is 11.1 Å².